The Hall–Kier alpha value is -0.810. The van der Waals surface area contributed by atoms with Crippen LogP contribution in [0.4, 0.5) is 4.79 Å². The molecule has 2 saturated heterocycles. The van der Waals surface area contributed by atoms with Crippen LogP contribution in [-0.2, 0) is 9.47 Å². The minimum absolute atomic E-state index is 0.0226. The van der Waals surface area contributed by atoms with Crippen molar-refractivity contribution in [3.8, 4) is 0 Å². The predicted octanol–water partition coefficient (Wildman–Crippen LogP) is 1.23. The van der Waals surface area contributed by atoms with E-state index < -0.39 is 0 Å². The second kappa shape index (κ2) is 5.05. The number of amides is 1. The summed E-state index contributed by atoms with van der Waals surface area (Å²) in [6.07, 6.45) is 0.554. The fourth-order valence-electron chi connectivity index (χ4n) is 2.99. The number of likely N-dealkylation sites (tertiary alicyclic amines) is 1. The molecule has 2 atom stereocenters. The minimum atomic E-state index is -0.332. The molecule has 18 heavy (non-hydrogen) atoms. The topological polar surface area (TPSA) is 50.8 Å². The highest BCUT2D eigenvalue weighted by atomic mass is 16.6. The van der Waals surface area contributed by atoms with Crippen molar-refractivity contribution in [1.82, 2.24) is 10.2 Å². The number of carbonyl (C=O) groups is 1. The van der Waals surface area contributed by atoms with E-state index in [4.69, 9.17) is 9.47 Å². The van der Waals surface area contributed by atoms with E-state index >= 15 is 0 Å². The van der Waals surface area contributed by atoms with Crippen LogP contribution in [0.3, 0.4) is 0 Å². The Morgan fingerprint density at radius 2 is 2.06 bits per heavy atom. The summed E-state index contributed by atoms with van der Waals surface area (Å²) < 4.78 is 10.8. The first-order chi connectivity index (χ1) is 8.43. The van der Waals surface area contributed by atoms with Gasteiger partial charge in [-0.2, -0.15) is 0 Å². The van der Waals surface area contributed by atoms with Crippen molar-refractivity contribution in [3.05, 3.63) is 0 Å². The van der Waals surface area contributed by atoms with Gasteiger partial charge in [0.2, 0.25) is 0 Å². The second-order valence-corrected chi connectivity index (χ2v) is 6.22. The van der Waals surface area contributed by atoms with E-state index in [0.717, 1.165) is 26.2 Å². The summed E-state index contributed by atoms with van der Waals surface area (Å²) in [5.74, 6) is 0. The van der Waals surface area contributed by atoms with Gasteiger partial charge in [0.15, 0.2) is 0 Å². The monoisotopic (exact) mass is 256 g/mol. The molecule has 0 aromatic heterocycles. The summed E-state index contributed by atoms with van der Waals surface area (Å²) in [5.41, 5.74) is 0.0881. The molecule has 2 fully saturated rings. The van der Waals surface area contributed by atoms with Gasteiger partial charge in [0.05, 0.1) is 25.3 Å². The third-order valence-corrected chi connectivity index (χ3v) is 3.82. The largest absolute Gasteiger partial charge is 0.445 e. The van der Waals surface area contributed by atoms with Crippen LogP contribution < -0.4 is 5.32 Å². The molecule has 5 heteroatoms. The van der Waals surface area contributed by atoms with E-state index in [2.05, 4.69) is 31.0 Å². The molecule has 2 rings (SSSR count). The van der Waals surface area contributed by atoms with Crippen LogP contribution in [0.15, 0.2) is 0 Å². The molecule has 1 amide bonds. The van der Waals surface area contributed by atoms with Gasteiger partial charge in [0.1, 0.15) is 6.10 Å². The molecule has 104 valence electrons. The van der Waals surface area contributed by atoms with Crippen LogP contribution in [0.5, 0.6) is 0 Å². The third-order valence-electron chi connectivity index (χ3n) is 3.82. The summed E-state index contributed by atoms with van der Waals surface area (Å²) >= 11 is 0. The SMILES string of the molecule is CNC(=O)OC1CCN(C2COC2)[C@H]1C(C)(C)C. The van der Waals surface area contributed by atoms with Crippen LogP contribution in [0.2, 0.25) is 0 Å². The first-order valence-corrected chi connectivity index (χ1v) is 6.65. The second-order valence-electron chi connectivity index (χ2n) is 6.22. The first-order valence-electron chi connectivity index (χ1n) is 6.65. The molecule has 1 N–H and O–H groups in total. The summed E-state index contributed by atoms with van der Waals surface area (Å²) in [6, 6.07) is 0.760. The Labute approximate surface area is 109 Å². The normalized spacial score (nSPS) is 30.0. The first kappa shape index (κ1) is 13.6. The van der Waals surface area contributed by atoms with Crippen molar-refractivity contribution < 1.29 is 14.3 Å². The van der Waals surface area contributed by atoms with Crippen molar-refractivity contribution >= 4 is 6.09 Å². The van der Waals surface area contributed by atoms with E-state index in [-0.39, 0.29) is 23.7 Å². The number of hydrogen-bond donors (Lipinski definition) is 1. The molecule has 5 nitrogen and oxygen atoms in total. The molecule has 2 aliphatic heterocycles. The van der Waals surface area contributed by atoms with Gasteiger partial charge in [-0.1, -0.05) is 20.8 Å². The molecular formula is C13H24N2O3. The Morgan fingerprint density at radius 3 is 2.50 bits per heavy atom. The summed E-state index contributed by atoms with van der Waals surface area (Å²) in [5, 5.41) is 2.53. The lowest BCUT2D eigenvalue weighted by molar-refractivity contribution is -0.0929. The van der Waals surface area contributed by atoms with Gasteiger partial charge in [0.25, 0.3) is 0 Å². The molecule has 2 heterocycles. The van der Waals surface area contributed by atoms with Gasteiger partial charge >= 0.3 is 6.09 Å². The van der Waals surface area contributed by atoms with Gasteiger partial charge < -0.3 is 14.8 Å². The number of nitrogens with one attached hydrogen (secondary N) is 1. The highest BCUT2D eigenvalue weighted by Gasteiger charge is 2.47. The predicted molar refractivity (Wildman–Crippen MR) is 68.5 cm³/mol. The molecule has 0 aliphatic carbocycles. The van der Waals surface area contributed by atoms with Crippen molar-refractivity contribution in [1.29, 1.82) is 0 Å². The highest BCUT2D eigenvalue weighted by molar-refractivity contribution is 5.67. The standard InChI is InChI=1S/C13H24N2O3/c1-13(2,3)11-10(18-12(16)14-4)5-6-15(11)9-7-17-8-9/h9-11H,5-8H2,1-4H3,(H,14,16)/t10?,11-/m1/s1. The summed E-state index contributed by atoms with van der Waals surface area (Å²) in [4.78, 5) is 13.9. The van der Waals surface area contributed by atoms with Crippen LogP contribution in [-0.4, -0.2) is 56.0 Å². The Morgan fingerprint density at radius 1 is 1.39 bits per heavy atom. The maximum Gasteiger partial charge on any atom is 0.407 e. The molecule has 0 spiro atoms. The summed E-state index contributed by atoms with van der Waals surface area (Å²) in [6.45, 7) is 9.21. The molecule has 0 aromatic carbocycles. The van der Waals surface area contributed by atoms with E-state index in [1.165, 1.54) is 0 Å². The third kappa shape index (κ3) is 2.62. The highest BCUT2D eigenvalue weighted by Crippen LogP contribution is 2.37. The van der Waals surface area contributed by atoms with E-state index in [1.807, 2.05) is 0 Å². The van der Waals surface area contributed by atoms with Gasteiger partial charge in [0, 0.05) is 13.6 Å². The summed E-state index contributed by atoms with van der Waals surface area (Å²) in [7, 11) is 1.60. The number of carbonyl (C=O) groups excluding carboxylic acids is 1. The quantitative estimate of drug-likeness (QED) is 0.807. The molecular weight excluding hydrogens is 232 g/mol. The van der Waals surface area contributed by atoms with Gasteiger partial charge in [-0.25, -0.2) is 4.79 Å². The Bertz CT molecular complexity index is 310. The molecule has 1 unspecified atom stereocenters. The Kier molecular flexibility index (Phi) is 3.82. The zero-order valence-corrected chi connectivity index (χ0v) is 11.7. The lowest BCUT2D eigenvalue weighted by Gasteiger charge is -2.44. The smallest absolute Gasteiger partial charge is 0.407 e. The average molecular weight is 256 g/mol. The van der Waals surface area contributed by atoms with Crippen LogP contribution >= 0.6 is 0 Å². The zero-order valence-electron chi connectivity index (χ0n) is 11.7. The average Bonchev–Trinajstić information content (AvgIpc) is 2.58. The van der Waals surface area contributed by atoms with Gasteiger partial charge in [-0.15, -0.1) is 0 Å². The van der Waals surface area contributed by atoms with Crippen molar-refractivity contribution in [2.24, 2.45) is 5.41 Å². The van der Waals surface area contributed by atoms with Crippen molar-refractivity contribution in [2.75, 3.05) is 26.8 Å². The fourth-order valence-corrected chi connectivity index (χ4v) is 2.99. The maximum absolute atomic E-state index is 11.4. The fraction of sp³-hybridized carbons (Fsp3) is 0.923. The maximum atomic E-state index is 11.4. The van der Waals surface area contributed by atoms with Gasteiger partial charge in [-0.3, -0.25) is 4.90 Å². The molecule has 0 bridgehead atoms. The van der Waals surface area contributed by atoms with Crippen molar-refractivity contribution in [2.45, 2.75) is 45.4 Å². The number of nitrogens with zero attached hydrogens (tertiary/aromatic N) is 1. The van der Waals surface area contributed by atoms with E-state index in [9.17, 15) is 4.79 Å². The van der Waals surface area contributed by atoms with Gasteiger partial charge in [-0.05, 0) is 11.8 Å². The van der Waals surface area contributed by atoms with Crippen molar-refractivity contribution in [3.63, 3.8) is 0 Å². The minimum Gasteiger partial charge on any atom is -0.445 e. The molecule has 0 radical (unpaired) electrons. The van der Waals surface area contributed by atoms with Crippen LogP contribution in [0.1, 0.15) is 27.2 Å². The van der Waals surface area contributed by atoms with E-state index in [1.54, 1.807) is 7.05 Å². The van der Waals surface area contributed by atoms with E-state index in [0.29, 0.717) is 6.04 Å². The molecule has 0 saturated carbocycles. The lowest BCUT2D eigenvalue weighted by atomic mass is 9.83. The van der Waals surface area contributed by atoms with Crippen LogP contribution in [0, 0.1) is 5.41 Å². The number of hydrogen-bond acceptors (Lipinski definition) is 4. The lowest BCUT2D eigenvalue weighted by Crippen LogP contribution is -2.56. The zero-order chi connectivity index (χ0) is 13.3. The number of ether oxygens (including phenoxy) is 2. The Balaban J connectivity index is 2.08. The number of alkyl carbamates (subject to hydrolysis) is 1. The van der Waals surface area contributed by atoms with Crippen LogP contribution in [0.25, 0.3) is 0 Å². The molecule has 2 aliphatic rings. The molecule has 0 aromatic rings. The number of rotatable bonds is 2.